The highest BCUT2D eigenvalue weighted by molar-refractivity contribution is 9.10. The second-order valence-corrected chi connectivity index (χ2v) is 7.17. The number of hydrogen-bond donors (Lipinski definition) is 1. The largest absolute Gasteiger partial charge is 0.493 e. The Hall–Kier alpha value is -0.970. The number of halogens is 1. The Labute approximate surface area is 138 Å². The molecule has 1 aliphatic heterocycles. The van der Waals surface area contributed by atoms with Crippen molar-refractivity contribution in [1.29, 1.82) is 0 Å². The van der Waals surface area contributed by atoms with Crippen LogP contribution >= 0.6 is 27.7 Å². The van der Waals surface area contributed by atoms with Crippen molar-refractivity contribution < 1.29 is 4.74 Å². The summed E-state index contributed by atoms with van der Waals surface area (Å²) >= 11 is 5.23. The van der Waals surface area contributed by atoms with Crippen molar-refractivity contribution in [3.8, 4) is 5.75 Å². The van der Waals surface area contributed by atoms with Crippen LogP contribution in [0.1, 0.15) is 23.6 Å². The zero-order valence-electron chi connectivity index (χ0n) is 11.7. The highest BCUT2D eigenvalue weighted by Gasteiger charge is 2.18. The third kappa shape index (κ3) is 3.62. The molecular weight excluding hydrogens is 346 g/mol. The lowest BCUT2D eigenvalue weighted by Gasteiger charge is -2.23. The lowest BCUT2D eigenvalue weighted by Crippen LogP contribution is -2.18. The first kappa shape index (κ1) is 14.9. The first-order chi connectivity index (χ1) is 10.2. The molecule has 0 spiro atoms. The van der Waals surface area contributed by atoms with E-state index >= 15 is 0 Å². The van der Waals surface area contributed by atoms with Crippen LogP contribution in [0.25, 0.3) is 0 Å². The lowest BCUT2D eigenvalue weighted by atomic mass is 9.99. The van der Waals surface area contributed by atoms with Crippen LogP contribution in [0.4, 0.5) is 0 Å². The molecule has 0 fully saturated rings. The lowest BCUT2D eigenvalue weighted by molar-refractivity contribution is 0.284. The van der Waals surface area contributed by atoms with E-state index in [9.17, 15) is 0 Å². The molecule has 0 radical (unpaired) electrons. The monoisotopic (exact) mass is 363 g/mol. The fourth-order valence-corrected chi connectivity index (χ4v) is 3.66. The molecule has 110 valence electrons. The molecule has 3 rings (SSSR count). The SMILES string of the molecule is NC(CSc1ccc(Br)cc1)c1cccc2c1OCCC2. The van der Waals surface area contributed by atoms with E-state index in [4.69, 9.17) is 10.5 Å². The fourth-order valence-electron chi connectivity index (χ4n) is 2.51. The van der Waals surface area contributed by atoms with E-state index in [-0.39, 0.29) is 6.04 Å². The van der Waals surface area contributed by atoms with Gasteiger partial charge in [-0.05, 0) is 42.7 Å². The number of benzene rings is 2. The number of nitrogens with two attached hydrogens (primary N) is 1. The Balaban J connectivity index is 1.70. The average molecular weight is 364 g/mol. The highest BCUT2D eigenvalue weighted by atomic mass is 79.9. The zero-order valence-corrected chi connectivity index (χ0v) is 14.1. The topological polar surface area (TPSA) is 35.2 Å². The van der Waals surface area contributed by atoms with Crippen LogP contribution in [-0.2, 0) is 6.42 Å². The van der Waals surface area contributed by atoms with E-state index < -0.39 is 0 Å². The summed E-state index contributed by atoms with van der Waals surface area (Å²) in [6, 6.07) is 14.7. The molecule has 0 saturated carbocycles. The molecule has 0 amide bonds. The Morgan fingerprint density at radius 3 is 2.81 bits per heavy atom. The van der Waals surface area contributed by atoms with E-state index in [1.165, 1.54) is 10.5 Å². The summed E-state index contributed by atoms with van der Waals surface area (Å²) < 4.78 is 6.95. The Morgan fingerprint density at radius 2 is 2.00 bits per heavy atom. The molecule has 1 atom stereocenters. The van der Waals surface area contributed by atoms with Crippen molar-refractivity contribution in [1.82, 2.24) is 0 Å². The van der Waals surface area contributed by atoms with Crippen LogP contribution in [0.15, 0.2) is 51.8 Å². The van der Waals surface area contributed by atoms with Crippen molar-refractivity contribution in [2.45, 2.75) is 23.8 Å². The van der Waals surface area contributed by atoms with E-state index in [2.05, 4.69) is 58.4 Å². The number of hydrogen-bond acceptors (Lipinski definition) is 3. The van der Waals surface area contributed by atoms with E-state index in [1.807, 2.05) is 0 Å². The maximum Gasteiger partial charge on any atom is 0.127 e. The molecule has 21 heavy (non-hydrogen) atoms. The van der Waals surface area contributed by atoms with Gasteiger partial charge in [-0.1, -0.05) is 34.1 Å². The number of thioether (sulfide) groups is 1. The van der Waals surface area contributed by atoms with Gasteiger partial charge in [0.15, 0.2) is 0 Å². The molecule has 2 N–H and O–H groups in total. The van der Waals surface area contributed by atoms with E-state index in [0.717, 1.165) is 41.0 Å². The quantitative estimate of drug-likeness (QED) is 0.808. The Morgan fingerprint density at radius 1 is 1.19 bits per heavy atom. The van der Waals surface area contributed by atoms with Crippen LogP contribution in [0.2, 0.25) is 0 Å². The van der Waals surface area contributed by atoms with Gasteiger partial charge in [-0.25, -0.2) is 0 Å². The normalized spacial score (nSPS) is 15.1. The molecule has 1 heterocycles. The van der Waals surface area contributed by atoms with Gasteiger partial charge in [0.05, 0.1) is 6.61 Å². The average Bonchev–Trinajstić information content (AvgIpc) is 2.53. The maximum atomic E-state index is 6.39. The Kier molecular flexibility index (Phi) is 4.88. The maximum absolute atomic E-state index is 6.39. The summed E-state index contributed by atoms with van der Waals surface area (Å²) in [5.41, 5.74) is 8.82. The van der Waals surface area contributed by atoms with Gasteiger partial charge in [-0.15, -0.1) is 11.8 Å². The first-order valence-electron chi connectivity index (χ1n) is 7.12. The number of fused-ring (bicyclic) bond motifs is 1. The van der Waals surface area contributed by atoms with Gasteiger partial charge in [-0.3, -0.25) is 0 Å². The summed E-state index contributed by atoms with van der Waals surface area (Å²) in [4.78, 5) is 1.24. The molecule has 0 saturated heterocycles. The molecule has 2 aromatic rings. The molecule has 2 aromatic carbocycles. The predicted octanol–water partition coefficient (Wildman–Crippen LogP) is 4.57. The molecule has 2 nitrogen and oxygen atoms in total. The predicted molar refractivity (Wildman–Crippen MR) is 92.1 cm³/mol. The van der Waals surface area contributed by atoms with Crippen LogP contribution in [0.5, 0.6) is 5.75 Å². The molecule has 0 aromatic heterocycles. The van der Waals surface area contributed by atoms with Crippen molar-refractivity contribution >= 4 is 27.7 Å². The smallest absolute Gasteiger partial charge is 0.127 e. The third-order valence-electron chi connectivity index (χ3n) is 3.61. The number of rotatable bonds is 4. The molecule has 4 heteroatoms. The second-order valence-electron chi connectivity index (χ2n) is 5.16. The van der Waals surface area contributed by atoms with Gasteiger partial charge in [0.1, 0.15) is 5.75 Å². The van der Waals surface area contributed by atoms with Crippen molar-refractivity contribution in [3.63, 3.8) is 0 Å². The van der Waals surface area contributed by atoms with Crippen LogP contribution in [0.3, 0.4) is 0 Å². The van der Waals surface area contributed by atoms with Gasteiger partial charge in [0.2, 0.25) is 0 Å². The summed E-state index contributed by atoms with van der Waals surface area (Å²) in [6.07, 6.45) is 2.19. The van der Waals surface area contributed by atoms with Crippen molar-refractivity contribution in [2.24, 2.45) is 5.73 Å². The van der Waals surface area contributed by atoms with Crippen LogP contribution in [0, 0.1) is 0 Å². The minimum atomic E-state index is -0.00769. The number of para-hydroxylation sites is 1. The zero-order chi connectivity index (χ0) is 14.7. The van der Waals surface area contributed by atoms with Crippen LogP contribution in [-0.4, -0.2) is 12.4 Å². The standard InChI is InChI=1S/C17H18BrNOS/c18-13-6-8-14(9-7-13)21-11-16(19)15-5-1-3-12-4-2-10-20-17(12)15/h1,3,5-9,16H,2,4,10-11,19H2. The van der Waals surface area contributed by atoms with Gasteiger partial charge < -0.3 is 10.5 Å². The number of aryl methyl sites for hydroxylation is 1. The molecule has 1 aliphatic rings. The van der Waals surface area contributed by atoms with E-state index in [0.29, 0.717) is 0 Å². The first-order valence-corrected chi connectivity index (χ1v) is 8.90. The highest BCUT2D eigenvalue weighted by Crippen LogP contribution is 2.34. The van der Waals surface area contributed by atoms with E-state index in [1.54, 1.807) is 11.8 Å². The summed E-state index contributed by atoms with van der Waals surface area (Å²) in [6.45, 7) is 0.802. The van der Waals surface area contributed by atoms with Crippen LogP contribution < -0.4 is 10.5 Å². The van der Waals surface area contributed by atoms with Gasteiger partial charge >= 0.3 is 0 Å². The van der Waals surface area contributed by atoms with Crippen molar-refractivity contribution in [3.05, 3.63) is 58.1 Å². The fraction of sp³-hybridized carbons (Fsp3) is 0.294. The third-order valence-corrected chi connectivity index (χ3v) is 5.27. The minimum absolute atomic E-state index is 0.00769. The van der Waals surface area contributed by atoms with Gasteiger partial charge in [0, 0.05) is 26.7 Å². The summed E-state index contributed by atoms with van der Waals surface area (Å²) in [5, 5.41) is 0. The number of ether oxygens (including phenoxy) is 1. The van der Waals surface area contributed by atoms with Gasteiger partial charge in [-0.2, -0.15) is 0 Å². The molecular formula is C17H18BrNOS. The molecule has 1 unspecified atom stereocenters. The van der Waals surface area contributed by atoms with Crippen molar-refractivity contribution in [2.75, 3.05) is 12.4 Å². The molecule has 0 bridgehead atoms. The summed E-state index contributed by atoms with van der Waals surface area (Å²) in [7, 11) is 0. The minimum Gasteiger partial charge on any atom is -0.493 e. The molecule has 0 aliphatic carbocycles. The second kappa shape index (κ2) is 6.86. The van der Waals surface area contributed by atoms with Gasteiger partial charge in [0.25, 0.3) is 0 Å². The Bertz CT molecular complexity index is 615. The summed E-state index contributed by atoms with van der Waals surface area (Å²) in [5.74, 6) is 1.87.